The smallest absolute Gasteiger partial charge is 0.329 e. The molecule has 0 spiro atoms. The number of carbonyl (C=O) groups excluding carboxylic acids is 1. The topological polar surface area (TPSA) is 60.9 Å². The number of urea groups is 1. The third-order valence-corrected chi connectivity index (χ3v) is 3.48. The van der Waals surface area contributed by atoms with Crippen molar-refractivity contribution >= 4 is 12.0 Å². The molecule has 1 N–H and O–H groups in total. The van der Waals surface area contributed by atoms with E-state index in [0.29, 0.717) is 26.1 Å². The first-order chi connectivity index (χ1) is 7.97. The maximum Gasteiger partial charge on any atom is 0.329 e. The fraction of sp³-hybridized carbons (Fsp3) is 0.833. The Labute approximate surface area is 102 Å². The van der Waals surface area contributed by atoms with E-state index >= 15 is 0 Å². The van der Waals surface area contributed by atoms with Crippen LogP contribution in [0.2, 0.25) is 0 Å². The fourth-order valence-corrected chi connectivity index (χ4v) is 2.32. The van der Waals surface area contributed by atoms with Gasteiger partial charge in [-0.05, 0) is 33.1 Å². The van der Waals surface area contributed by atoms with Crippen molar-refractivity contribution in [1.29, 1.82) is 0 Å². The lowest BCUT2D eigenvalue weighted by Crippen LogP contribution is -2.55. The van der Waals surface area contributed by atoms with Crippen molar-refractivity contribution in [2.45, 2.75) is 45.6 Å². The Morgan fingerprint density at radius 2 is 2.06 bits per heavy atom. The summed E-state index contributed by atoms with van der Waals surface area (Å²) in [6.07, 6.45) is 2.19. The Morgan fingerprint density at radius 1 is 1.41 bits per heavy atom. The highest BCUT2D eigenvalue weighted by Gasteiger charge is 2.46. The molecule has 17 heavy (non-hydrogen) atoms. The second kappa shape index (κ2) is 5.38. The lowest BCUT2D eigenvalue weighted by molar-refractivity contribution is -0.147. The Balaban J connectivity index is 2.84. The third-order valence-electron chi connectivity index (χ3n) is 3.48. The number of hydrogen-bond acceptors (Lipinski definition) is 2. The van der Waals surface area contributed by atoms with Gasteiger partial charge in [-0.15, -0.1) is 0 Å². The summed E-state index contributed by atoms with van der Waals surface area (Å²) in [5, 5.41) is 9.26. The zero-order valence-electron chi connectivity index (χ0n) is 10.9. The van der Waals surface area contributed by atoms with Crippen molar-refractivity contribution in [3.63, 3.8) is 0 Å². The number of amides is 2. The lowest BCUT2D eigenvalue weighted by atomic mass is 10.00. The van der Waals surface area contributed by atoms with Crippen molar-refractivity contribution < 1.29 is 14.7 Å². The molecule has 0 bridgehead atoms. The van der Waals surface area contributed by atoms with Crippen molar-refractivity contribution in [2.24, 2.45) is 0 Å². The average Bonchev–Trinajstić information content (AvgIpc) is 2.68. The Hall–Kier alpha value is -1.26. The summed E-state index contributed by atoms with van der Waals surface area (Å²) in [5.74, 6) is -0.907. The van der Waals surface area contributed by atoms with Gasteiger partial charge in [-0.3, -0.25) is 0 Å². The van der Waals surface area contributed by atoms with E-state index in [2.05, 4.69) is 0 Å². The van der Waals surface area contributed by atoms with Gasteiger partial charge in [0.1, 0.15) is 5.54 Å². The monoisotopic (exact) mass is 242 g/mol. The van der Waals surface area contributed by atoms with Gasteiger partial charge in [-0.1, -0.05) is 6.92 Å². The molecule has 98 valence electrons. The molecule has 1 aliphatic heterocycles. The van der Waals surface area contributed by atoms with Crippen molar-refractivity contribution in [3.8, 4) is 0 Å². The van der Waals surface area contributed by atoms with Gasteiger partial charge in [0, 0.05) is 19.6 Å². The van der Waals surface area contributed by atoms with E-state index in [1.165, 1.54) is 4.90 Å². The van der Waals surface area contributed by atoms with E-state index in [1.54, 1.807) is 11.8 Å². The van der Waals surface area contributed by atoms with Crippen LogP contribution >= 0.6 is 0 Å². The Kier molecular flexibility index (Phi) is 4.37. The molecule has 0 aromatic rings. The summed E-state index contributed by atoms with van der Waals surface area (Å²) in [4.78, 5) is 26.8. The van der Waals surface area contributed by atoms with Gasteiger partial charge < -0.3 is 14.9 Å². The van der Waals surface area contributed by atoms with Gasteiger partial charge >= 0.3 is 12.0 Å². The molecule has 1 rings (SSSR count). The predicted octanol–water partition coefficient (Wildman–Crippen LogP) is 1.78. The first kappa shape index (κ1) is 13.8. The largest absolute Gasteiger partial charge is 0.480 e. The highest BCUT2D eigenvalue weighted by molar-refractivity contribution is 5.86. The summed E-state index contributed by atoms with van der Waals surface area (Å²) in [5.41, 5.74) is -1.03. The lowest BCUT2D eigenvalue weighted by Gasteiger charge is -2.35. The number of rotatable bonds is 4. The molecule has 0 radical (unpaired) electrons. The van der Waals surface area contributed by atoms with Crippen LogP contribution in [0, 0.1) is 0 Å². The van der Waals surface area contributed by atoms with E-state index in [1.807, 2.05) is 13.8 Å². The van der Waals surface area contributed by atoms with Crippen LogP contribution in [0.15, 0.2) is 0 Å². The molecule has 1 heterocycles. The molecule has 0 aromatic heterocycles. The first-order valence-corrected chi connectivity index (χ1v) is 6.27. The Bertz CT molecular complexity index is 306. The van der Waals surface area contributed by atoms with E-state index in [0.717, 1.165) is 12.8 Å². The van der Waals surface area contributed by atoms with Crippen molar-refractivity contribution in [2.75, 3.05) is 19.6 Å². The van der Waals surface area contributed by atoms with Gasteiger partial charge in [0.2, 0.25) is 0 Å². The van der Waals surface area contributed by atoms with Crippen LogP contribution in [0.1, 0.15) is 40.0 Å². The number of carboxylic acids is 1. The molecule has 0 aromatic carbocycles. The summed E-state index contributed by atoms with van der Waals surface area (Å²) >= 11 is 0. The van der Waals surface area contributed by atoms with Gasteiger partial charge in [0.05, 0.1) is 0 Å². The number of carbonyl (C=O) groups is 2. The molecular formula is C12H22N2O3. The van der Waals surface area contributed by atoms with E-state index in [9.17, 15) is 14.7 Å². The predicted molar refractivity (Wildman–Crippen MR) is 64.9 cm³/mol. The zero-order chi connectivity index (χ0) is 13.1. The molecule has 0 saturated carbocycles. The first-order valence-electron chi connectivity index (χ1n) is 6.27. The molecule has 1 atom stereocenters. The molecular weight excluding hydrogens is 220 g/mol. The van der Waals surface area contributed by atoms with E-state index in [4.69, 9.17) is 0 Å². The second-order valence-corrected chi connectivity index (χ2v) is 4.70. The van der Waals surface area contributed by atoms with E-state index in [-0.39, 0.29) is 6.03 Å². The highest BCUT2D eigenvalue weighted by Crippen LogP contribution is 2.30. The molecule has 1 aliphatic rings. The van der Waals surface area contributed by atoms with Crippen LogP contribution in [0.25, 0.3) is 0 Å². The van der Waals surface area contributed by atoms with Gasteiger partial charge in [0.25, 0.3) is 0 Å². The zero-order valence-corrected chi connectivity index (χ0v) is 10.9. The molecule has 5 nitrogen and oxygen atoms in total. The normalized spacial score (nSPS) is 23.8. The summed E-state index contributed by atoms with van der Waals surface area (Å²) in [7, 11) is 0. The van der Waals surface area contributed by atoms with Crippen LogP contribution < -0.4 is 0 Å². The third kappa shape index (κ3) is 2.53. The van der Waals surface area contributed by atoms with Crippen molar-refractivity contribution in [1.82, 2.24) is 9.80 Å². The van der Waals surface area contributed by atoms with Gasteiger partial charge in [0.15, 0.2) is 0 Å². The quantitative estimate of drug-likeness (QED) is 0.817. The number of aliphatic carboxylic acids is 1. The Morgan fingerprint density at radius 3 is 2.53 bits per heavy atom. The van der Waals surface area contributed by atoms with Gasteiger partial charge in [-0.2, -0.15) is 0 Å². The standard InChI is InChI=1S/C12H22N2O3/c1-4-8-13(5-2)11(17)14-9-6-7-12(14,3)10(15)16/h4-9H2,1-3H3,(H,15,16). The average molecular weight is 242 g/mol. The minimum atomic E-state index is -1.03. The van der Waals surface area contributed by atoms with E-state index < -0.39 is 11.5 Å². The van der Waals surface area contributed by atoms with Crippen LogP contribution in [-0.4, -0.2) is 52.1 Å². The molecule has 1 saturated heterocycles. The van der Waals surface area contributed by atoms with Gasteiger partial charge in [-0.25, -0.2) is 9.59 Å². The molecule has 1 unspecified atom stereocenters. The second-order valence-electron chi connectivity index (χ2n) is 4.70. The van der Waals surface area contributed by atoms with Crippen LogP contribution in [0.4, 0.5) is 4.79 Å². The molecule has 2 amide bonds. The molecule has 1 fully saturated rings. The van der Waals surface area contributed by atoms with Crippen LogP contribution in [0.3, 0.4) is 0 Å². The molecule has 0 aliphatic carbocycles. The highest BCUT2D eigenvalue weighted by atomic mass is 16.4. The summed E-state index contributed by atoms with van der Waals surface area (Å²) < 4.78 is 0. The summed E-state index contributed by atoms with van der Waals surface area (Å²) in [6, 6.07) is -0.142. The number of nitrogens with zero attached hydrogens (tertiary/aromatic N) is 2. The number of hydrogen-bond donors (Lipinski definition) is 1. The maximum atomic E-state index is 12.3. The minimum Gasteiger partial charge on any atom is -0.480 e. The SMILES string of the molecule is CCCN(CC)C(=O)N1CCCC1(C)C(=O)O. The van der Waals surface area contributed by atoms with Crippen LogP contribution in [-0.2, 0) is 4.79 Å². The fourth-order valence-electron chi connectivity index (χ4n) is 2.32. The number of likely N-dealkylation sites (tertiary alicyclic amines) is 1. The minimum absolute atomic E-state index is 0.142. The van der Waals surface area contributed by atoms with Crippen molar-refractivity contribution in [3.05, 3.63) is 0 Å². The van der Waals surface area contributed by atoms with Crippen LogP contribution in [0.5, 0.6) is 0 Å². The number of carboxylic acid groups (broad SMARTS) is 1. The maximum absolute atomic E-state index is 12.3. The summed E-state index contributed by atoms with van der Waals surface area (Å²) in [6.45, 7) is 7.42. The molecule has 5 heteroatoms.